The molecule has 2 aromatic carbocycles. The van der Waals surface area contributed by atoms with Gasteiger partial charge in [0, 0.05) is 43.8 Å². The second kappa shape index (κ2) is 9.95. The van der Waals surface area contributed by atoms with Crippen molar-refractivity contribution >= 4 is 28.8 Å². The fourth-order valence-electron chi connectivity index (χ4n) is 4.21. The van der Waals surface area contributed by atoms with Gasteiger partial charge in [0.1, 0.15) is 12.3 Å². The SMILES string of the molecule is COc1ccc(NC(=O)c2ccc3nn(CC(=O)N4CCN(c5ccccc5)CC4)c(=O)n3c2)cc1. The third kappa shape index (κ3) is 4.78. The zero-order chi connectivity index (χ0) is 25.1. The quantitative estimate of drug-likeness (QED) is 0.448. The van der Waals surface area contributed by atoms with E-state index in [1.807, 2.05) is 18.2 Å². The van der Waals surface area contributed by atoms with Crippen LogP contribution in [0.25, 0.3) is 5.65 Å². The summed E-state index contributed by atoms with van der Waals surface area (Å²) < 4.78 is 7.55. The van der Waals surface area contributed by atoms with Gasteiger partial charge in [-0.1, -0.05) is 18.2 Å². The lowest BCUT2D eigenvalue weighted by Crippen LogP contribution is -2.50. The highest BCUT2D eigenvalue weighted by molar-refractivity contribution is 6.04. The van der Waals surface area contributed by atoms with Gasteiger partial charge in [-0.05, 0) is 48.5 Å². The molecule has 0 saturated carbocycles. The molecule has 5 rings (SSSR count). The van der Waals surface area contributed by atoms with Crippen molar-refractivity contribution in [1.82, 2.24) is 19.1 Å². The molecule has 1 aliphatic rings. The highest BCUT2D eigenvalue weighted by Gasteiger charge is 2.23. The summed E-state index contributed by atoms with van der Waals surface area (Å²) in [5.41, 5.74) is 1.92. The maximum Gasteiger partial charge on any atom is 0.350 e. The molecule has 1 N–H and O–H groups in total. The van der Waals surface area contributed by atoms with E-state index in [2.05, 4.69) is 27.4 Å². The molecule has 1 saturated heterocycles. The van der Waals surface area contributed by atoms with Crippen LogP contribution in [0.15, 0.2) is 77.7 Å². The predicted molar refractivity (Wildman–Crippen MR) is 136 cm³/mol. The number of carbonyl (C=O) groups excluding carboxylic acids is 2. The summed E-state index contributed by atoms with van der Waals surface area (Å²) in [7, 11) is 1.57. The Morgan fingerprint density at radius 3 is 2.36 bits per heavy atom. The van der Waals surface area contributed by atoms with Crippen molar-refractivity contribution in [2.75, 3.05) is 43.5 Å². The van der Waals surface area contributed by atoms with Gasteiger partial charge in [0.15, 0.2) is 5.65 Å². The van der Waals surface area contributed by atoms with E-state index in [0.717, 1.165) is 23.5 Å². The molecule has 10 heteroatoms. The average molecular weight is 487 g/mol. The van der Waals surface area contributed by atoms with Crippen LogP contribution in [0.1, 0.15) is 10.4 Å². The first-order valence-corrected chi connectivity index (χ1v) is 11.6. The van der Waals surface area contributed by atoms with Gasteiger partial charge >= 0.3 is 5.69 Å². The van der Waals surface area contributed by atoms with E-state index in [-0.39, 0.29) is 18.4 Å². The molecule has 36 heavy (non-hydrogen) atoms. The standard InChI is InChI=1S/C26H26N6O4/c1-36-22-10-8-20(9-11-22)27-25(34)19-7-12-23-28-32(26(35)31(23)17-19)18-24(33)30-15-13-29(14-16-30)21-5-3-2-4-6-21/h2-12,17H,13-16,18H2,1H3,(H,27,34). The van der Waals surface area contributed by atoms with Crippen molar-refractivity contribution < 1.29 is 14.3 Å². The molecule has 0 atom stereocenters. The van der Waals surface area contributed by atoms with Crippen LogP contribution in [0.4, 0.5) is 11.4 Å². The number of nitrogens with zero attached hydrogens (tertiary/aromatic N) is 5. The van der Waals surface area contributed by atoms with E-state index in [9.17, 15) is 14.4 Å². The number of benzene rings is 2. The number of methoxy groups -OCH3 is 1. The van der Waals surface area contributed by atoms with Gasteiger partial charge in [-0.25, -0.2) is 13.9 Å². The number of hydrogen-bond donors (Lipinski definition) is 1. The zero-order valence-electron chi connectivity index (χ0n) is 19.8. The summed E-state index contributed by atoms with van der Waals surface area (Å²) in [5, 5.41) is 7.07. The van der Waals surface area contributed by atoms with E-state index in [0.29, 0.717) is 35.7 Å². The number of rotatable bonds is 6. The fourth-order valence-corrected chi connectivity index (χ4v) is 4.21. The summed E-state index contributed by atoms with van der Waals surface area (Å²) in [6, 6.07) is 20.2. The van der Waals surface area contributed by atoms with Crippen molar-refractivity contribution in [2.24, 2.45) is 0 Å². The van der Waals surface area contributed by atoms with E-state index >= 15 is 0 Å². The molecule has 1 aliphatic heterocycles. The minimum absolute atomic E-state index is 0.154. The third-order valence-corrected chi connectivity index (χ3v) is 6.23. The molecule has 0 spiro atoms. The molecule has 0 aliphatic carbocycles. The maximum atomic E-state index is 12.9. The highest BCUT2D eigenvalue weighted by atomic mass is 16.5. The van der Waals surface area contributed by atoms with Gasteiger partial charge in [0.25, 0.3) is 5.91 Å². The van der Waals surface area contributed by atoms with E-state index < -0.39 is 5.69 Å². The van der Waals surface area contributed by atoms with Crippen LogP contribution in [0.5, 0.6) is 5.75 Å². The predicted octanol–water partition coefficient (Wildman–Crippen LogP) is 2.11. The second-order valence-electron chi connectivity index (χ2n) is 8.47. The fraction of sp³-hybridized carbons (Fsp3) is 0.231. The molecule has 0 unspecified atom stereocenters. The van der Waals surface area contributed by atoms with Crippen molar-refractivity contribution in [2.45, 2.75) is 6.54 Å². The van der Waals surface area contributed by atoms with E-state index in [4.69, 9.17) is 4.74 Å². The van der Waals surface area contributed by atoms with Gasteiger partial charge in [0.05, 0.1) is 12.7 Å². The molecule has 3 heterocycles. The van der Waals surface area contributed by atoms with Gasteiger partial charge in [-0.2, -0.15) is 0 Å². The Morgan fingerprint density at radius 2 is 1.67 bits per heavy atom. The van der Waals surface area contributed by atoms with Crippen molar-refractivity contribution in [3.8, 4) is 5.75 Å². The molecular weight excluding hydrogens is 460 g/mol. The van der Waals surface area contributed by atoms with Gasteiger partial charge in [0.2, 0.25) is 5.91 Å². The lowest BCUT2D eigenvalue weighted by atomic mass is 10.2. The Hall–Kier alpha value is -4.60. The van der Waals surface area contributed by atoms with Gasteiger partial charge in [-0.3, -0.25) is 9.59 Å². The number of carbonyl (C=O) groups is 2. The van der Waals surface area contributed by atoms with Gasteiger partial charge in [-0.15, -0.1) is 5.10 Å². The monoisotopic (exact) mass is 486 g/mol. The number of amides is 2. The van der Waals surface area contributed by atoms with Crippen LogP contribution < -0.4 is 20.6 Å². The third-order valence-electron chi connectivity index (χ3n) is 6.23. The first-order chi connectivity index (χ1) is 17.5. The van der Waals surface area contributed by atoms with Crippen LogP contribution >= 0.6 is 0 Å². The summed E-state index contributed by atoms with van der Waals surface area (Å²) in [4.78, 5) is 42.5. The van der Waals surface area contributed by atoms with E-state index in [1.54, 1.807) is 48.4 Å². The normalized spacial score (nSPS) is 13.6. The molecule has 2 aromatic heterocycles. The Kier molecular flexibility index (Phi) is 6.40. The lowest BCUT2D eigenvalue weighted by molar-refractivity contribution is -0.132. The maximum absolute atomic E-state index is 12.9. The average Bonchev–Trinajstić information content (AvgIpc) is 3.23. The lowest BCUT2D eigenvalue weighted by Gasteiger charge is -2.36. The molecule has 10 nitrogen and oxygen atoms in total. The van der Waals surface area contributed by atoms with Crippen molar-refractivity contribution in [3.05, 3.63) is 89.0 Å². The molecule has 1 fully saturated rings. The largest absolute Gasteiger partial charge is 0.497 e. The van der Waals surface area contributed by atoms with Gasteiger partial charge < -0.3 is 19.9 Å². The van der Waals surface area contributed by atoms with Crippen molar-refractivity contribution in [3.63, 3.8) is 0 Å². The van der Waals surface area contributed by atoms with E-state index in [1.165, 1.54) is 10.6 Å². The Labute approximate surface area is 207 Å². The smallest absolute Gasteiger partial charge is 0.350 e. The topological polar surface area (TPSA) is 101 Å². The first kappa shape index (κ1) is 23.2. The molecule has 2 amide bonds. The number of hydrogen-bond acceptors (Lipinski definition) is 6. The number of nitrogens with one attached hydrogen (secondary N) is 1. The minimum Gasteiger partial charge on any atom is -0.497 e. The summed E-state index contributed by atoms with van der Waals surface area (Å²) >= 11 is 0. The number of aromatic nitrogens is 3. The summed E-state index contributed by atoms with van der Waals surface area (Å²) in [5.74, 6) is 0.153. The minimum atomic E-state index is -0.472. The van der Waals surface area contributed by atoms with Crippen LogP contribution in [0, 0.1) is 0 Å². The second-order valence-corrected chi connectivity index (χ2v) is 8.47. The van der Waals surface area contributed by atoms with Crippen molar-refractivity contribution in [1.29, 1.82) is 0 Å². The summed E-state index contributed by atoms with van der Waals surface area (Å²) in [6.07, 6.45) is 1.43. The number of pyridine rings is 1. The van der Waals surface area contributed by atoms with Crippen LogP contribution in [-0.4, -0.2) is 64.2 Å². The number of piperazine rings is 1. The summed E-state index contributed by atoms with van der Waals surface area (Å²) in [6.45, 7) is 2.45. The number of ether oxygens (including phenoxy) is 1. The van der Waals surface area contributed by atoms with Crippen LogP contribution in [0.2, 0.25) is 0 Å². The Morgan fingerprint density at radius 1 is 0.944 bits per heavy atom. The number of para-hydroxylation sites is 1. The number of anilines is 2. The number of fused-ring (bicyclic) bond motifs is 1. The van der Waals surface area contributed by atoms with Crippen LogP contribution in [-0.2, 0) is 11.3 Å². The molecule has 184 valence electrons. The molecule has 0 bridgehead atoms. The molecule has 0 radical (unpaired) electrons. The first-order valence-electron chi connectivity index (χ1n) is 11.6. The highest BCUT2D eigenvalue weighted by Crippen LogP contribution is 2.17. The van der Waals surface area contributed by atoms with Crippen LogP contribution in [0.3, 0.4) is 0 Å². The molecular formula is C26H26N6O4. The zero-order valence-corrected chi connectivity index (χ0v) is 19.8. The molecule has 4 aromatic rings. The Balaban J connectivity index is 1.25. The Bertz CT molecular complexity index is 1440.